The van der Waals surface area contributed by atoms with Crippen molar-refractivity contribution < 1.29 is 0 Å². The minimum atomic E-state index is 0.533. The Balaban J connectivity index is 1.31. The van der Waals surface area contributed by atoms with E-state index in [2.05, 4.69) is 41.5 Å². The van der Waals surface area contributed by atoms with Crippen molar-refractivity contribution in [2.75, 3.05) is 0 Å². The van der Waals surface area contributed by atoms with Crippen LogP contribution in [0.4, 0.5) is 0 Å². The zero-order valence-electron chi connectivity index (χ0n) is 23.2. The maximum absolute atomic E-state index is 2.62. The van der Waals surface area contributed by atoms with Gasteiger partial charge in [-0.3, -0.25) is 0 Å². The van der Waals surface area contributed by atoms with E-state index >= 15 is 0 Å². The van der Waals surface area contributed by atoms with E-state index in [1.54, 1.807) is 12.8 Å². The normalized spacial score (nSPS) is 33.8. The first kappa shape index (κ1) is 26.6. The molecule has 3 fully saturated rings. The average molecular weight is 445 g/mol. The van der Waals surface area contributed by atoms with E-state index in [9.17, 15) is 0 Å². The Labute approximate surface area is 203 Å². The van der Waals surface area contributed by atoms with Gasteiger partial charge in [-0.1, -0.05) is 131 Å². The Morgan fingerprint density at radius 2 is 1.47 bits per heavy atom. The third-order valence-corrected chi connectivity index (χ3v) is 11.5. The summed E-state index contributed by atoms with van der Waals surface area (Å²) in [6.07, 6.45) is 26.9. The van der Waals surface area contributed by atoms with Gasteiger partial charge in [-0.2, -0.15) is 0 Å². The number of rotatable bonds is 12. The van der Waals surface area contributed by atoms with Crippen LogP contribution in [0.15, 0.2) is 0 Å². The molecule has 6 atom stereocenters. The van der Waals surface area contributed by atoms with Gasteiger partial charge in [0.15, 0.2) is 0 Å². The van der Waals surface area contributed by atoms with Gasteiger partial charge in [-0.25, -0.2) is 0 Å². The van der Waals surface area contributed by atoms with Gasteiger partial charge < -0.3 is 0 Å². The Morgan fingerprint density at radius 3 is 2.22 bits per heavy atom. The van der Waals surface area contributed by atoms with Crippen molar-refractivity contribution in [3.05, 3.63) is 0 Å². The maximum Gasteiger partial charge on any atom is -0.0295 e. The van der Waals surface area contributed by atoms with Crippen LogP contribution in [0.3, 0.4) is 0 Å². The molecule has 0 nitrogen and oxygen atoms in total. The highest BCUT2D eigenvalue weighted by atomic mass is 14.5. The average Bonchev–Trinajstić information content (AvgIpc) is 3.03. The van der Waals surface area contributed by atoms with Crippen molar-refractivity contribution in [3.63, 3.8) is 0 Å². The van der Waals surface area contributed by atoms with Crippen LogP contribution >= 0.6 is 0 Å². The molecule has 0 saturated heterocycles. The van der Waals surface area contributed by atoms with Gasteiger partial charge in [-0.15, -0.1) is 0 Å². The minimum Gasteiger partial charge on any atom is -0.0654 e. The number of hydrogen-bond acceptors (Lipinski definition) is 0. The van der Waals surface area contributed by atoms with Crippen LogP contribution < -0.4 is 0 Å². The summed E-state index contributed by atoms with van der Waals surface area (Å²) >= 11 is 0. The fourth-order valence-corrected chi connectivity index (χ4v) is 8.94. The van der Waals surface area contributed by atoms with E-state index < -0.39 is 0 Å². The third-order valence-electron chi connectivity index (χ3n) is 11.5. The highest BCUT2D eigenvalue weighted by Gasteiger charge is 2.48. The van der Waals surface area contributed by atoms with Gasteiger partial charge in [0.25, 0.3) is 0 Å². The van der Waals surface area contributed by atoms with Crippen LogP contribution in [-0.4, -0.2) is 0 Å². The molecule has 0 aromatic rings. The summed E-state index contributed by atoms with van der Waals surface area (Å²) in [5, 5.41) is 0. The van der Waals surface area contributed by atoms with E-state index in [-0.39, 0.29) is 0 Å². The van der Waals surface area contributed by atoms with E-state index in [0.717, 1.165) is 35.5 Å². The molecule has 0 aromatic heterocycles. The maximum atomic E-state index is 2.62. The molecule has 3 saturated carbocycles. The van der Waals surface area contributed by atoms with Crippen molar-refractivity contribution in [2.45, 2.75) is 157 Å². The second kappa shape index (κ2) is 12.1. The lowest BCUT2D eigenvalue weighted by atomic mass is 9.59. The summed E-state index contributed by atoms with van der Waals surface area (Å²) < 4.78 is 0. The molecule has 0 bridgehead atoms. The molecular weight excluding hydrogens is 384 g/mol. The molecule has 3 rings (SSSR count). The van der Waals surface area contributed by atoms with E-state index in [4.69, 9.17) is 0 Å². The van der Waals surface area contributed by atoms with Crippen LogP contribution in [-0.2, 0) is 0 Å². The first-order chi connectivity index (χ1) is 15.3. The lowest BCUT2D eigenvalue weighted by molar-refractivity contribution is 0.0357. The molecule has 188 valence electrons. The molecule has 0 N–H and O–H groups in total. The summed E-state index contributed by atoms with van der Waals surface area (Å²) in [5.74, 6) is 6.01. The van der Waals surface area contributed by atoms with Crippen LogP contribution in [0.1, 0.15) is 157 Å². The predicted octanol–water partition coefficient (Wildman–Crippen LogP) is 10.8. The molecule has 0 heterocycles. The van der Waals surface area contributed by atoms with Gasteiger partial charge in [0.1, 0.15) is 0 Å². The molecule has 0 heteroatoms. The standard InChI is InChI=1S/C32H60/c1-7-17-26-19-13-15-22-29(26)31(3,4)25(2)18-11-9-8-10-12-21-28-24-27-20-14-16-23-30(27)32(28,5)6/h25-30H,7-24H2,1-6H3. The van der Waals surface area contributed by atoms with Crippen molar-refractivity contribution in [2.24, 2.45) is 46.3 Å². The van der Waals surface area contributed by atoms with Crippen molar-refractivity contribution in [1.29, 1.82) is 0 Å². The Bertz CT molecular complexity index is 526. The first-order valence-electron chi connectivity index (χ1n) is 15.3. The highest BCUT2D eigenvalue weighted by Crippen LogP contribution is 2.57. The number of fused-ring (bicyclic) bond motifs is 1. The van der Waals surface area contributed by atoms with Gasteiger partial charge in [0.2, 0.25) is 0 Å². The Hall–Kier alpha value is 0. The molecule has 0 radical (unpaired) electrons. The summed E-state index contributed by atoms with van der Waals surface area (Å²) in [7, 11) is 0. The summed E-state index contributed by atoms with van der Waals surface area (Å²) in [6, 6.07) is 0. The highest BCUT2D eigenvalue weighted by molar-refractivity contribution is 4.98. The lowest BCUT2D eigenvalue weighted by Gasteiger charge is -2.46. The molecule has 0 aromatic carbocycles. The Morgan fingerprint density at radius 1 is 0.812 bits per heavy atom. The molecule has 0 aliphatic heterocycles. The monoisotopic (exact) mass is 444 g/mol. The van der Waals surface area contributed by atoms with Crippen molar-refractivity contribution in [3.8, 4) is 0 Å². The van der Waals surface area contributed by atoms with Gasteiger partial charge in [0.05, 0.1) is 0 Å². The molecule has 3 aliphatic rings. The van der Waals surface area contributed by atoms with Gasteiger partial charge in [-0.05, 0) is 72.0 Å². The smallest absolute Gasteiger partial charge is 0.0295 e. The fourth-order valence-electron chi connectivity index (χ4n) is 8.94. The number of unbranched alkanes of at least 4 members (excludes halogenated alkanes) is 4. The minimum absolute atomic E-state index is 0.533. The van der Waals surface area contributed by atoms with E-state index in [1.807, 2.05) is 0 Å². The first-order valence-corrected chi connectivity index (χ1v) is 15.3. The van der Waals surface area contributed by atoms with Gasteiger partial charge >= 0.3 is 0 Å². The van der Waals surface area contributed by atoms with Gasteiger partial charge in [0, 0.05) is 0 Å². The van der Waals surface area contributed by atoms with Crippen molar-refractivity contribution >= 4 is 0 Å². The molecule has 0 spiro atoms. The second-order valence-electron chi connectivity index (χ2n) is 13.9. The predicted molar refractivity (Wildman–Crippen MR) is 143 cm³/mol. The Kier molecular flexibility index (Phi) is 10.1. The SMILES string of the molecule is CCCC1CCCCC1C(C)(C)C(C)CCCCCCCC1CC2CCCCC2C1(C)C. The zero-order chi connectivity index (χ0) is 23.2. The molecule has 3 aliphatic carbocycles. The summed E-state index contributed by atoms with van der Waals surface area (Å²) in [4.78, 5) is 0. The third kappa shape index (κ3) is 6.36. The summed E-state index contributed by atoms with van der Waals surface area (Å²) in [5.41, 5.74) is 1.16. The van der Waals surface area contributed by atoms with Crippen LogP contribution in [0.2, 0.25) is 0 Å². The largest absolute Gasteiger partial charge is 0.0654 e. The zero-order valence-corrected chi connectivity index (χ0v) is 23.2. The van der Waals surface area contributed by atoms with E-state index in [0.29, 0.717) is 10.8 Å². The lowest BCUT2D eigenvalue weighted by Crippen LogP contribution is -2.37. The molecule has 32 heavy (non-hydrogen) atoms. The van der Waals surface area contributed by atoms with Crippen LogP contribution in [0.25, 0.3) is 0 Å². The second-order valence-corrected chi connectivity index (χ2v) is 13.9. The molecule has 6 unspecified atom stereocenters. The quantitative estimate of drug-likeness (QED) is 0.262. The van der Waals surface area contributed by atoms with Crippen LogP contribution in [0.5, 0.6) is 0 Å². The number of hydrogen-bond donors (Lipinski definition) is 0. The van der Waals surface area contributed by atoms with Crippen molar-refractivity contribution in [1.82, 2.24) is 0 Å². The fraction of sp³-hybridized carbons (Fsp3) is 1.00. The molecule has 0 amide bonds. The molecular formula is C32H60. The van der Waals surface area contributed by atoms with Crippen LogP contribution in [0, 0.1) is 46.3 Å². The summed E-state index contributed by atoms with van der Waals surface area (Å²) in [6.45, 7) is 15.5. The topological polar surface area (TPSA) is 0 Å². The van der Waals surface area contributed by atoms with E-state index in [1.165, 1.54) is 103 Å².